The third-order valence-corrected chi connectivity index (χ3v) is 5.37. The minimum atomic E-state index is -5.08. The fourth-order valence-corrected chi connectivity index (χ4v) is 3.61. The molecule has 3 N–H and O–H groups in total. The summed E-state index contributed by atoms with van der Waals surface area (Å²) >= 11 is 1.52. The molecule has 0 aliphatic heterocycles. The number of rotatable bonds is 6. The first kappa shape index (κ1) is 19.3. The highest BCUT2D eigenvalue weighted by molar-refractivity contribution is 7.13. The van der Waals surface area contributed by atoms with Crippen LogP contribution in [0.4, 0.5) is 13.2 Å². The van der Waals surface area contributed by atoms with Gasteiger partial charge >= 0.3 is 12.1 Å². The molecule has 2 rings (SSSR count). The van der Waals surface area contributed by atoms with Gasteiger partial charge in [-0.25, -0.2) is 9.78 Å². The quantitative estimate of drug-likeness (QED) is 0.700. The lowest BCUT2D eigenvalue weighted by Crippen LogP contribution is -2.46. The van der Waals surface area contributed by atoms with Crippen molar-refractivity contribution in [3.05, 3.63) is 38.0 Å². The molecular weight excluding hydrogens is 381 g/mol. The summed E-state index contributed by atoms with van der Waals surface area (Å²) in [4.78, 5) is 26.8. The van der Waals surface area contributed by atoms with Gasteiger partial charge in [0.2, 0.25) is 11.5 Å². The van der Waals surface area contributed by atoms with Gasteiger partial charge in [0.1, 0.15) is 9.88 Å². The third-order valence-electron chi connectivity index (χ3n) is 3.19. The zero-order valence-corrected chi connectivity index (χ0v) is 14.4. The van der Waals surface area contributed by atoms with Gasteiger partial charge in [0.05, 0.1) is 13.0 Å². The number of amides is 1. The molecule has 0 bridgehead atoms. The van der Waals surface area contributed by atoms with Crippen LogP contribution in [0.25, 0.3) is 0 Å². The molecule has 1 amide bonds. The summed E-state index contributed by atoms with van der Waals surface area (Å²) < 4.78 is 39.9. The molecule has 0 saturated carbocycles. The van der Waals surface area contributed by atoms with Gasteiger partial charge in [0, 0.05) is 16.0 Å². The average Bonchev–Trinajstić information content (AvgIpc) is 3.12. The second-order valence-electron chi connectivity index (χ2n) is 5.18. The van der Waals surface area contributed by atoms with Crippen LogP contribution in [0, 0.1) is 6.92 Å². The Morgan fingerprint density at radius 1 is 1.32 bits per heavy atom. The number of aromatic nitrogens is 1. The number of carbonyl (C=O) groups excluding carboxylic acids is 1. The minimum Gasteiger partial charge on any atom is -0.477 e. The van der Waals surface area contributed by atoms with Crippen LogP contribution in [-0.2, 0) is 16.9 Å². The van der Waals surface area contributed by atoms with Crippen molar-refractivity contribution in [1.29, 1.82) is 0 Å². The van der Waals surface area contributed by atoms with Crippen LogP contribution in [0.5, 0.6) is 0 Å². The highest BCUT2D eigenvalue weighted by atomic mass is 32.1. The second-order valence-corrected chi connectivity index (χ2v) is 7.20. The molecular formula is C14H13F3N2O4S2. The van der Waals surface area contributed by atoms with Crippen molar-refractivity contribution in [2.75, 3.05) is 0 Å². The van der Waals surface area contributed by atoms with Gasteiger partial charge in [-0.1, -0.05) is 0 Å². The maximum Gasteiger partial charge on any atom is 0.424 e. The Labute approximate surface area is 148 Å². The fourth-order valence-electron chi connectivity index (χ4n) is 1.91. The molecule has 0 radical (unpaired) electrons. The molecule has 0 aliphatic carbocycles. The lowest BCUT2D eigenvalue weighted by atomic mass is 9.99. The molecule has 2 aromatic rings. The number of aliphatic hydroxyl groups is 1. The Bertz CT molecular complexity index is 787. The summed E-state index contributed by atoms with van der Waals surface area (Å²) in [5.41, 5.74) is -3.07. The standard InChI is InChI=1S/C14H13F3N2O4S2/c1-7-6-24-12(19-7)13(23,14(15,16)17)4-10(20)18-5-8-2-3-9(25-8)11(21)22/h2-3,6,23H,4-5H2,1H3,(H,18,20)(H,21,22). The molecule has 0 saturated heterocycles. The van der Waals surface area contributed by atoms with E-state index in [9.17, 15) is 27.9 Å². The highest BCUT2D eigenvalue weighted by Gasteiger charge is 2.58. The Morgan fingerprint density at radius 2 is 2.00 bits per heavy atom. The molecule has 2 aromatic heterocycles. The van der Waals surface area contributed by atoms with Crippen molar-refractivity contribution in [3.8, 4) is 0 Å². The smallest absolute Gasteiger partial charge is 0.424 e. The number of halogens is 3. The van der Waals surface area contributed by atoms with E-state index in [-0.39, 0.29) is 11.4 Å². The summed E-state index contributed by atoms with van der Waals surface area (Å²) in [6.07, 6.45) is -6.31. The first-order chi connectivity index (χ1) is 11.5. The van der Waals surface area contributed by atoms with E-state index in [1.54, 1.807) is 0 Å². The van der Waals surface area contributed by atoms with Crippen LogP contribution in [0.1, 0.15) is 31.7 Å². The van der Waals surface area contributed by atoms with Crippen molar-refractivity contribution in [3.63, 3.8) is 0 Å². The Balaban J connectivity index is 2.08. The highest BCUT2D eigenvalue weighted by Crippen LogP contribution is 2.42. The number of aryl methyl sites for hydroxylation is 1. The van der Waals surface area contributed by atoms with Crippen molar-refractivity contribution < 1.29 is 33.0 Å². The number of nitrogens with one attached hydrogen (secondary N) is 1. The molecule has 11 heteroatoms. The molecule has 0 fully saturated rings. The van der Waals surface area contributed by atoms with Gasteiger partial charge in [-0.15, -0.1) is 22.7 Å². The van der Waals surface area contributed by atoms with Gasteiger partial charge in [0.15, 0.2) is 0 Å². The summed E-state index contributed by atoms with van der Waals surface area (Å²) in [6.45, 7) is 1.34. The predicted octanol–water partition coefficient (Wildman–Crippen LogP) is 2.67. The van der Waals surface area contributed by atoms with Crippen LogP contribution in [0.15, 0.2) is 17.5 Å². The number of alkyl halides is 3. The van der Waals surface area contributed by atoms with Crippen LogP contribution in [0.3, 0.4) is 0 Å². The zero-order chi connectivity index (χ0) is 18.8. The molecule has 25 heavy (non-hydrogen) atoms. The van der Waals surface area contributed by atoms with Crippen molar-refractivity contribution in [2.24, 2.45) is 0 Å². The molecule has 136 valence electrons. The van der Waals surface area contributed by atoms with Crippen molar-refractivity contribution in [2.45, 2.75) is 31.7 Å². The fraction of sp³-hybridized carbons (Fsp3) is 0.357. The van der Waals surface area contributed by atoms with Gasteiger partial charge in [-0.2, -0.15) is 13.2 Å². The molecule has 6 nitrogen and oxygen atoms in total. The Hall–Kier alpha value is -1.98. The van der Waals surface area contributed by atoms with E-state index in [1.165, 1.54) is 24.4 Å². The maximum absolute atomic E-state index is 13.3. The normalized spacial score (nSPS) is 14.1. The molecule has 1 atom stereocenters. The predicted molar refractivity (Wildman–Crippen MR) is 84.5 cm³/mol. The maximum atomic E-state index is 13.3. The number of carboxylic acid groups (broad SMARTS) is 1. The molecule has 0 aliphatic rings. The lowest BCUT2D eigenvalue weighted by Gasteiger charge is -2.27. The summed E-state index contributed by atoms with van der Waals surface area (Å²) in [5.74, 6) is -2.16. The Kier molecular flexibility index (Phi) is 5.49. The summed E-state index contributed by atoms with van der Waals surface area (Å²) in [6, 6.07) is 2.79. The number of thiazole rings is 1. The van der Waals surface area contributed by atoms with Gasteiger partial charge in [-0.3, -0.25) is 4.79 Å². The minimum absolute atomic E-state index is 0.0503. The first-order valence-corrected chi connectivity index (χ1v) is 8.53. The number of carboxylic acids is 1. The third kappa shape index (κ3) is 4.35. The largest absolute Gasteiger partial charge is 0.477 e. The van der Waals surface area contributed by atoms with Crippen molar-refractivity contribution in [1.82, 2.24) is 10.3 Å². The number of thiophene rings is 1. The SMILES string of the molecule is Cc1csc(C(O)(CC(=O)NCc2ccc(C(=O)O)s2)C(F)(F)F)n1. The monoisotopic (exact) mass is 394 g/mol. The molecule has 2 heterocycles. The van der Waals surface area contributed by atoms with Crippen LogP contribution in [-0.4, -0.2) is 33.2 Å². The van der Waals surface area contributed by atoms with Gasteiger partial charge < -0.3 is 15.5 Å². The number of carbonyl (C=O) groups is 2. The van der Waals surface area contributed by atoms with E-state index in [4.69, 9.17) is 5.11 Å². The van der Waals surface area contributed by atoms with Crippen LogP contribution in [0.2, 0.25) is 0 Å². The molecule has 0 aromatic carbocycles. The van der Waals surface area contributed by atoms with Crippen molar-refractivity contribution >= 4 is 34.6 Å². The van der Waals surface area contributed by atoms with E-state index >= 15 is 0 Å². The summed E-state index contributed by atoms with van der Waals surface area (Å²) in [5, 5.41) is 21.9. The van der Waals surface area contributed by atoms with Crippen LogP contribution < -0.4 is 5.32 Å². The second kappa shape index (κ2) is 7.10. The molecule has 0 spiro atoms. The average molecular weight is 394 g/mol. The van der Waals surface area contributed by atoms with Gasteiger partial charge in [0.25, 0.3) is 0 Å². The topological polar surface area (TPSA) is 99.5 Å². The number of hydrogen-bond donors (Lipinski definition) is 3. The Morgan fingerprint density at radius 3 is 2.48 bits per heavy atom. The van der Waals surface area contributed by atoms with E-state index in [0.717, 1.165) is 11.3 Å². The van der Waals surface area contributed by atoms with E-state index in [2.05, 4.69) is 10.3 Å². The van der Waals surface area contributed by atoms with Gasteiger partial charge in [-0.05, 0) is 19.1 Å². The zero-order valence-electron chi connectivity index (χ0n) is 12.8. The first-order valence-electron chi connectivity index (χ1n) is 6.83. The van der Waals surface area contributed by atoms with E-state index in [1.807, 2.05) is 0 Å². The lowest BCUT2D eigenvalue weighted by molar-refractivity contribution is -0.267. The van der Waals surface area contributed by atoms with Crippen LogP contribution >= 0.6 is 22.7 Å². The van der Waals surface area contributed by atoms with E-state index < -0.39 is 35.1 Å². The summed E-state index contributed by atoms with van der Waals surface area (Å²) in [7, 11) is 0. The number of nitrogens with zero attached hydrogens (tertiary/aromatic N) is 1. The van der Waals surface area contributed by atoms with E-state index in [0.29, 0.717) is 21.9 Å². The number of hydrogen-bond acceptors (Lipinski definition) is 6. The molecule has 1 unspecified atom stereocenters. The number of aromatic carboxylic acids is 1.